The summed E-state index contributed by atoms with van der Waals surface area (Å²) in [6.45, 7) is 3.95. The summed E-state index contributed by atoms with van der Waals surface area (Å²) in [6.07, 6.45) is 5.98. The molecular weight excluding hydrogens is 322 g/mol. The Labute approximate surface area is 148 Å². The number of likely N-dealkylation sites (tertiary alicyclic amines) is 1. The van der Waals surface area contributed by atoms with Crippen molar-refractivity contribution in [3.8, 4) is 0 Å². The molecule has 2 fully saturated rings. The van der Waals surface area contributed by atoms with E-state index in [-0.39, 0.29) is 31.0 Å². The summed E-state index contributed by atoms with van der Waals surface area (Å²) in [7, 11) is 0. The molecule has 1 atom stereocenters. The van der Waals surface area contributed by atoms with E-state index in [0.29, 0.717) is 13.1 Å². The highest BCUT2D eigenvalue weighted by atomic mass is 16.5. The van der Waals surface area contributed by atoms with Crippen molar-refractivity contribution < 1.29 is 18.7 Å². The number of nitrogens with one attached hydrogen (secondary N) is 1. The lowest BCUT2D eigenvalue weighted by Crippen LogP contribution is -2.44. The van der Waals surface area contributed by atoms with E-state index in [2.05, 4.69) is 5.32 Å². The molecule has 0 aliphatic carbocycles. The molecule has 0 bridgehead atoms. The first kappa shape index (κ1) is 17.9. The molecular formula is C18H27N3O4. The van der Waals surface area contributed by atoms with Crippen LogP contribution in [0.5, 0.6) is 0 Å². The van der Waals surface area contributed by atoms with Crippen molar-refractivity contribution in [1.29, 1.82) is 0 Å². The second-order valence-electron chi connectivity index (χ2n) is 6.75. The van der Waals surface area contributed by atoms with Crippen LogP contribution in [0.15, 0.2) is 22.8 Å². The molecule has 1 aromatic heterocycles. The van der Waals surface area contributed by atoms with Gasteiger partial charge in [-0.15, -0.1) is 0 Å². The number of ether oxygens (including phenoxy) is 1. The largest absolute Gasteiger partial charge is 0.468 e. The standard InChI is InChI=1S/C18H27N3O4/c22-17(19-11-18(23)21-7-1-2-8-21)14-20(12-15-5-3-9-24-15)13-16-6-4-10-25-16/h3,5,9,16H,1-2,4,6-8,10-14H2,(H,19,22). The summed E-state index contributed by atoms with van der Waals surface area (Å²) in [5.41, 5.74) is 0. The van der Waals surface area contributed by atoms with Crippen LogP contribution in [-0.2, 0) is 20.9 Å². The first-order chi connectivity index (χ1) is 12.2. The zero-order valence-electron chi connectivity index (χ0n) is 14.6. The number of hydrogen-bond donors (Lipinski definition) is 1. The summed E-state index contributed by atoms with van der Waals surface area (Å²) in [4.78, 5) is 28.1. The molecule has 0 radical (unpaired) electrons. The van der Waals surface area contributed by atoms with Crippen LogP contribution in [0.2, 0.25) is 0 Å². The highest BCUT2D eigenvalue weighted by molar-refractivity contribution is 5.85. The molecule has 7 heteroatoms. The van der Waals surface area contributed by atoms with Gasteiger partial charge in [0.05, 0.1) is 32.0 Å². The monoisotopic (exact) mass is 349 g/mol. The molecule has 2 aliphatic rings. The molecule has 2 amide bonds. The van der Waals surface area contributed by atoms with Crippen molar-refractivity contribution in [3.63, 3.8) is 0 Å². The quantitative estimate of drug-likeness (QED) is 0.758. The Morgan fingerprint density at radius 2 is 2.12 bits per heavy atom. The minimum atomic E-state index is -0.142. The number of carbonyl (C=O) groups excluding carboxylic acids is 2. The fourth-order valence-corrected chi connectivity index (χ4v) is 3.40. The van der Waals surface area contributed by atoms with Crippen LogP contribution in [0.4, 0.5) is 0 Å². The van der Waals surface area contributed by atoms with Crippen LogP contribution in [0, 0.1) is 0 Å². The molecule has 7 nitrogen and oxygen atoms in total. The fourth-order valence-electron chi connectivity index (χ4n) is 3.40. The van der Waals surface area contributed by atoms with Gasteiger partial charge in [-0.3, -0.25) is 14.5 Å². The molecule has 3 rings (SSSR count). The predicted octanol–water partition coefficient (Wildman–Crippen LogP) is 0.999. The number of carbonyl (C=O) groups is 2. The van der Waals surface area contributed by atoms with E-state index < -0.39 is 0 Å². The molecule has 2 aliphatic heterocycles. The van der Waals surface area contributed by atoms with E-state index in [9.17, 15) is 9.59 Å². The predicted molar refractivity (Wildman–Crippen MR) is 91.8 cm³/mol. The average Bonchev–Trinajstić information content (AvgIpc) is 3.35. The SMILES string of the molecule is O=C(CN(Cc1ccco1)CC1CCCO1)NCC(=O)N1CCCC1. The Kier molecular flexibility index (Phi) is 6.47. The normalized spacial score (nSPS) is 20.4. The molecule has 1 N–H and O–H groups in total. The molecule has 138 valence electrons. The smallest absolute Gasteiger partial charge is 0.241 e. The Hall–Kier alpha value is -1.86. The third-order valence-corrected chi connectivity index (χ3v) is 4.71. The molecule has 1 aromatic rings. The fraction of sp³-hybridized carbons (Fsp3) is 0.667. The van der Waals surface area contributed by atoms with Crippen molar-refractivity contribution in [1.82, 2.24) is 15.1 Å². The second kappa shape index (κ2) is 9.01. The molecule has 3 heterocycles. The average molecular weight is 349 g/mol. The van der Waals surface area contributed by atoms with E-state index in [1.54, 1.807) is 6.26 Å². The number of nitrogens with zero attached hydrogens (tertiary/aromatic N) is 2. The van der Waals surface area contributed by atoms with Crippen molar-refractivity contribution in [2.45, 2.75) is 38.3 Å². The molecule has 1 unspecified atom stereocenters. The van der Waals surface area contributed by atoms with E-state index in [1.807, 2.05) is 21.9 Å². The van der Waals surface area contributed by atoms with Crippen molar-refractivity contribution >= 4 is 11.8 Å². The number of furan rings is 1. The minimum Gasteiger partial charge on any atom is -0.468 e. The third-order valence-electron chi connectivity index (χ3n) is 4.71. The van der Waals surface area contributed by atoms with Crippen molar-refractivity contribution in [2.24, 2.45) is 0 Å². The molecule has 25 heavy (non-hydrogen) atoms. The third kappa shape index (κ3) is 5.57. The maximum Gasteiger partial charge on any atom is 0.241 e. The lowest BCUT2D eigenvalue weighted by atomic mass is 10.2. The molecule has 0 spiro atoms. The van der Waals surface area contributed by atoms with Crippen LogP contribution < -0.4 is 5.32 Å². The van der Waals surface area contributed by atoms with Crippen LogP contribution in [0.1, 0.15) is 31.4 Å². The summed E-state index contributed by atoms with van der Waals surface area (Å²) >= 11 is 0. The van der Waals surface area contributed by atoms with Crippen LogP contribution in [0.3, 0.4) is 0 Å². The first-order valence-corrected chi connectivity index (χ1v) is 9.11. The Bertz CT molecular complexity index is 549. The van der Waals surface area contributed by atoms with E-state index in [4.69, 9.17) is 9.15 Å². The summed E-state index contributed by atoms with van der Waals surface area (Å²) in [5.74, 6) is 0.679. The number of hydrogen-bond acceptors (Lipinski definition) is 5. The lowest BCUT2D eigenvalue weighted by Gasteiger charge is -2.24. The maximum atomic E-state index is 12.3. The zero-order valence-corrected chi connectivity index (χ0v) is 14.6. The molecule has 0 aromatic carbocycles. The highest BCUT2D eigenvalue weighted by Crippen LogP contribution is 2.15. The first-order valence-electron chi connectivity index (χ1n) is 9.11. The summed E-state index contributed by atoms with van der Waals surface area (Å²) in [5, 5.41) is 2.75. The topological polar surface area (TPSA) is 75.0 Å². The van der Waals surface area contributed by atoms with Gasteiger partial charge in [0.25, 0.3) is 0 Å². The van der Waals surface area contributed by atoms with Gasteiger partial charge in [0.1, 0.15) is 5.76 Å². The van der Waals surface area contributed by atoms with Gasteiger partial charge in [-0.05, 0) is 37.8 Å². The van der Waals surface area contributed by atoms with Gasteiger partial charge in [-0.25, -0.2) is 0 Å². The Morgan fingerprint density at radius 1 is 1.28 bits per heavy atom. The van der Waals surface area contributed by atoms with Crippen LogP contribution >= 0.6 is 0 Å². The van der Waals surface area contributed by atoms with Crippen LogP contribution in [-0.4, -0.2) is 67.0 Å². The van der Waals surface area contributed by atoms with E-state index in [1.165, 1.54) is 0 Å². The Morgan fingerprint density at radius 3 is 2.80 bits per heavy atom. The second-order valence-corrected chi connectivity index (χ2v) is 6.75. The molecule has 2 saturated heterocycles. The van der Waals surface area contributed by atoms with Crippen molar-refractivity contribution in [2.75, 3.05) is 39.3 Å². The molecule has 0 saturated carbocycles. The van der Waals surface area contributed by atoms with Gasteiger partial charge in [0, 0.05) is 26.2 Å². The highest BCUT2D eigenvalue weighted by Gasteiger charge is 2.23. The van der Waals surface area contributed by atoms with Gasteiger partial charge >= 0.3 is 0 Å². The Balaban J connectivity index is 1.47. The number of rotatable bonds is 8. The maximum absolute atomic E-state index is 12.3. The lowest BCUT2D eigenvalue weighted by molar-refractivity contribution is -0.132. The van der Waals surface area contributed by atoms with Crippen molar-refractivity contribution in [3.05, 3.63) is 24.2 Å². The van der Waals surface area contributed by atoms with E-state index in [0.717, 1.165) is 51.1 Å². The van der Waals surface area contributed by atoms with Crippen LogP contribution in [0.25, 0.3) is 0 Å². The van der Waals surface area contributed by atoms with Gasteiger partial charge < -0.3 is 19.4 Å². The summed E-state index contributed by atoms with van der Waals surface area (Å²) in [6, 6.07) is 3.74. The van der Waals surface area contributed by atoms with Gasteiger partial charge in [0.2, 0.25) is 11.8 Å². The zero-order chi connectivity index (χ0) is 17.5. The summed E-state index contributed by atoms with van der Waals surface area (Å²) < 4.78 is 11.1. The number of amides is 2. The van der Waals surface area contributed by atoms with Gasteiger partial charge in [-0.1, -0.05) is 0 Å². The van der Waals surface area contributed by atoms with E-state index >= 15 is 0 Å². The van der Waals surface area contributed by atoms with Gasteiger partial charge in [0.15, 0.2) is 0 Å². The minimum absolute atomic E-state index is 0.00237. The van der Waals surface area contributed by atoms with Gasteiger partial charge in [-0.2, -0.15) is 0 Å².